The number of carbonyl (C=O) groups is 2. The van der Waals surface area contributed by atoms with Gasteiger partial charge < -0.3 is 14.8 Å². The lowest BCUT2D eigenvalue weighted by Crippen LogP contribution is -2.34. The molecule has 0 saturated heterocycles. The zero-order chi connectivity index (χ0) is 19.8. The molecule has 0 saturated carbocycles. The Morgan fingerprint density at radius 1 is 1.07 bits per heavy atom. The van der Waals surface area contributed by atoms with Gasteiger partial charge in [0.05, 0.1) is 26.1 Å². The number of hydrogen-bond acceptors (Lipinski definition) is 5. The molecular weight excluding hydrogens is 414 g/mol. The van der Waals surface area contributed by atoms with Crippen molar-refractivity contribution in [2.45, 2.75) is 6.92 Å². The number of ether oxygens (including phenoxy) is 2. The van der Waals surface area contributed by atoms with Gasteiger partial charge in [-0.1, -0.05) is 12.1 Å². The fourth-order valence-corrected chi connectivity index (χ4v) is 2.51. The molecule has 0 fully saturated rings. The molecule has 2 N–H and O–H groups in total. The van der Waals surface area contributed by atoms with Crippen molar-refractivity contribution in [2.24, 2.45) is 11.0 Å². The lowest BCUT2D eigenvalue weighted by Gasteiger charge is -2.11. The Morgan fingerprint density at radius 3 is 2.44 bits per heavy atom. The average molecular weight is 434 g/mol. The molecule has 0 aliphatic carbocycles. The lowest BCUT2D eigenvalue weighted by molar-refractivity contribution is -0.131. The minimum Gasteiger partial charge on any atom is -0.493 e. The summed E-state index contributed by atoms with van der Waals surface area (Å²) >= 11 is 3.34. The summed E-state index contributed by atoms with van der Waals surface area (Å²) < 4.78 is 11.1. The second-order valence-electron chi connectivity index (χ2n) is 5.54. The van der Waals surface area contributed by atoms with Crippen LogP contribution in [0.1, 0.15) is 12.5 Å². The molecule has 1 unspecified atom stereocenters. The van der Waals surface area contributed by atoms with E-state index in [1.54, 1.807) is 43.5 Å². The van der Waals surface area contributed by atoms with E-state index < -0.39 is 17.7 Å². The maximum absolute atomic E-state index is 12.2. The van der Waals surface area contributed by atoms with Gasteiger partial charge in [-0.2, -0.15) is 5.10 Å². The maximum Gasteiger partial charge on any atom is 0.252 e. The number of halogens is 1. The first-order valence-corrected chi connectivity index (χ1v) is 8.86. The van der Waals surface area contributed by atoms with Gasteiger partial charge in [0.1, 0.15) is 5.92 Å². The van der Waals surface area contributed by atoms with Crippen LogP contribution in [0.3, 0.4) is 0 Å². The van der Waals surface area contributed by atoms with Gasteiger partial charge in [-0.25, -0.2) is 5.43 Å². The third-order valence-corrected chi connectivity index (χ3v) is 4.41. The summed E-state index contributed by atoms with van der Waals surface area (Å²) in [4.78, 5) is 24.3. The SMILES string of the molecule is COc1ccc(C=NNC(=O)C(C)C(=O)Nc2ccccc2Br)cc1OC. The highest BCUT2D eigenvalue weighted by molar-refractivity contribution is 9.10. The van der Waals surface area contributed by atoms with Crippen LogP contribution in [-0.4, -0.2) is 32.2 Å². The molecule has 27 heavy (non-hydrogen) atoms. The number of hydrazone groups is 1. The number of methoxy groups -OCH3 is 2. The van der Waals surface area contributed by atoms with Crippen molar-refractivity contribution in [2.75, 3.05) is 19.5 Å². The van der Waals surface area contributed by atoms with Crippen molar-refractivity contribution in [3.63, 3.8) is 0 Å². The zero-order valence-electron chi connectivity index (χ0n) is 15.2. The first-order chi connectivity index (χ1) is 13.0. The first kappa shape index (κ1) is 20.4. The smallest absolute Gasteiger partial charge is 0.252 e. The van der Waals surface area contributed by atoms with Crippen molar-refractivity contribution in [3.05, 3.63) is 52.5 Å². The van der Waals surface area contributed by atoms with Gasteiger partial charge >= 0.3 is 0 Å². The number of amides is 2. The molecule has 2 amide bonds. The van der Waals surface area contributed by atoms with Crippen LogP contribution in [-0.2, 0) is 9.59 Å². The predicted octanol–water partition coefficient (Wildman–Crippen LogP) is 3.19. The van der Waals surface area contributed by atoms with Crippen molar-refractivity contribution in [1.29, 1.82) is 0 Å². The van der Waals surface area contributed by atoms with Gasteiger partial charge in [0.25, 0.3) is 5.91 Å². The second kappa shape index (κ2) is 9.72. The molecule has 0 heterocycles. The Kier molecular flexibility index (Phi) is 7.36. The topological polar surface area (TPSA) is 89.0 Å². The molecule has 2 aromatic rings. The van der Waals surface area contributed by atoms with Crippen LogP contribution in [0.4, 0.5) is 5.69 Å². The number of para-hydroxylation sites is 1. The van der Waals surface area contributed by atoms with Gasteiger partial charge in [-0.05, 0) is 58.7 Å². The van der Waals surface area contributed by atoms with E-state index in [9.17, 15) is 9.59 Å². The van der Waals surface area contributed by atoms with Crippen molar-refractivity contribution in [1.82, 2.24) is 5.43 Å². The number of nitrogens with zero attached hydrogens (tertiary/aromatic N) is 1. The standard InChI is InChI=1S/C19H20BrN3O4/c1-12(18(24)22-15-7-5-4-6-14(15)20)19(25)23-21-11-13-8-9-16(26-2)17(10-13)27-3/h4-12H,1-3H3,(H,22,24)(H,23,25). The molecule has 0 bridgehead atoms. The number of hydrogen-bond donors (Lipinski definition) is 2. The van der Waals surface area contributed by atoms with Crippen molar-refractivity contribution < 1.29 is 19.1 Å². The van der Waals surface area contributed by atoms with Crippen LogP contribution < -0.4 is 20.2 Å². The van der Waals surface area contributed by atoms with Crippen LogP contribution in [0.25, 0.3) is 0 Å². The molecular formula is C19H20BrN3O4. The van der Waals surface area contributed by atoms with E-state index in [0.29, 0.717) is 22.7 Å². The fourth-order valence-electron chi connectivity index (χ4n) is 2.12. The van der Waals surface area contributed by atoms with E-state index in [2.05, 4.69) is 31.8 Å². The molecule has 0 radical (unpaired) electrons. The van der Waals surface area contributed by atoms with Gasteiger partial charge in [0.15, 0.2) is 11.5 Å². The summed E-state index contributed by atoms with van der Waals surface area (Å²) in [6, 6.07) is 12.4. The number of carbonyl (C=O) groups excluding carboxylic acids is 2. The van der Waals surface area contributed by atoms with Crippen LogP contribution in [0.2, 0.25) is 0 Å². The van der Waals surface area contributed by atoms with E-state index in [-0.39, 0.29) is 0 Å². The van der Waals surface area contributed by atoms with E-state index >= 15 is 0 Å². The van der Waals surface area contributed by atoms with Crippen LogP contribution in [0, 0.1) is 5.92 Å². The monoisotopic (exact) mass is 433 g/mol. The Bertz CT molecular complexity index is 855. The molecule has 0 aliphatic rings. The highest BCUT2D eigenvalue weighted by atomic mass is 79.9. The third kappa shape index (κ3) is 5.55. The largest absolute Gasteiger partial charge is 0.493 e. The molecule has 0 aliphatic heterocycles. The van der Waals surface area contributed by atoms with Gasteiger partial charge in [0, 0.05) is 4.47 Å². The highest BCUT2D eigenvalue weighted by Gasteiger charge is 2.21. The molecule has 0 aromatic heterocycles. The molecule has 2 aromatic carbocycles. The molecule has 1 atom stereocenters. The minimum atomic E-state index is -0.917. The Labute approximate surface area is 165 Å². The van der Waals surface area contributed by atoms with Crippen LogP contribution in [0.5, 0.6) is 11.5 Å². The van der Waals surface area contributed by atoms with E-state index in [4.69, 9.17) is 9.47 Å². The van der Waals surface area contributed by atoms with E-state index in [1.165, 1.54) is 20.2 Å². The predicted molar refractivity (Wildman–Crippen MR) is 107 cm³/mol. The summed E-state index contributed by atoms with van der Waals surface area (Å²) in [6.45, 7) is 1.51. The quantitative estimate of drug-likeness (QED) is 0.398. The summed E-state index contributed by atoms with van der Waals surface area (Å²) in [5.74, 6) is -0.721. The molecule has 0 spiro atoms. The maximum atomic E-state index is 12.2. The molecule has 7 nitrogen and oxygen atoms in total. The van der Waals surface area contributed by atoms with Crippen molar-refractivity contribution >= 4 is 39.6 Å². The Balaban J connectivity index is 1.95. The van der Waals surface area contributed by atoms with E-state index in [0.717, 1.165) is 4.47 Å². The van der Waals surface area contributed by atoms with Gasteiger partial charge in [0.2, 0.25) is 5.91 Å². The average Bonchev–Trinajstić information content (AvgIpc) is 2.68. The summed E-state index contributed by atoms with van der Waals surface area (Å²) in [6.07, 6.45) is 1.46. The Morgan fingerprint density at radius 2 is 1.78 bits per heavy atom. The number of nitrogens with one attached hydrogen (secondary N) is 2. The zero-order valence-corrected chi connectivity index (χ0v) is 16.7. The van der Waals surface area contributed by atoms with Gasteiger partial charge in [-0.3, -0.25) is 9.59 Å². The lowest BCUT2D eigenvalue weighted by atomic mass is 10.1. The number of benzene rings is 2. The molecule has 142 valence electrons. The molecule has 8 heteroatoms. The summed E-state index contributed by atoms with van der Waals surface area (Å²) in [5, 5.41) is 6.59. The summed E-state index contributed by atoms with van der Waals surface area (Å²) in [5.41, 5.74) is 3.66. The Hall–Kier alpha value is -2.87. The van der Waals surface area contributed by atoms with E-state index in [1.807, 2.05) is 6.07 Å². The minimum absolute atomic E-state index is 0.430. The molecule has 2 rings (SSSR count). The second-order valence-corrected chi connectivity index (χ2v) is 6.39. The first-order valence-electron chi connectivity index (χ1n) is 8.06. The van der Waals surface area contributed by atoms with Crippen LogP contribution >= 0.6 is 15.9 Å². The number of rotatable bonds is 7. The van der Waals surface area contributed by atoms with Gasteiger partial charge in [-0.15, -0.1) is 0 Å². The summed E-state index contributed by atoms with van der Waals surface area (Å²) in [7, 11) is 3.08. The fraction of sp³-hybridized carbons (Fsp3) is 0.211. The van der Waals surface area contributed by atoms with Crippen LogP contribution in [0.15, 0.2) is 52.0 Å². The highest BCUT2D eigenvalue weighted by Crippen LogP contribution is 2.26. The number of anilines is 1. The normalized spacial score (nSPS) is 11.7. The van der Waals surface area contributed by atoms with Crippen molar-refractivity contribution in [3.8, 4) is 11.5 Å². The third-order valence-electron chi connectivity index (χ3n) is 3.71.